The van der Waals surface area contributed by atoms with E-state index in [0.717, 1.165) is 88.8 Å². The fourth-order valence-corrected chi connectivity index (χ4v) is 9.73. The lowest BCUT2D eigenvalue weighted by Gasteiger charge is -2.28. The zero-order valence-corrected chi connectivity index (χ0v) is 35.3. The summed E-state index contributed by atoms with van der Waals surface area (Å²) in [6.07, 6.45) is 0. The van der Waals surface area contributed by atoms with Gasteiger partial charge in [0.2, 0.25) is 0 Å². The lowest BCUT2D eigenvalue weighted by molar-refractivity contribution is 0.669. The maximum Gasteiger partial charge on any atom is 0.136 e. The normalized spacial score (nSPS) is 11.7. The van der Waals surface area contributed by atoms with Gasteiger partial charge in [-0.05, 0) is 145 Å². The van der Waals surface area contributed by atoms with E-state index in [1.54, 1.807) is 0 Å². The summed E-state index contributed by atoms with van der Waals surface area (Å²) in [5, 5.41) is 9.33. The highest BCUT2D eigenvalue weighted by Gasteiger charge is 2.19. The summed E-state index contributed by atoms with van der Waals surface area (Å²) in [5.74, 6) is 0. The highest BCUT2D eigenvalue weighted by Crippen LogP contribution is 2.44. The maximum atomic E-state index is 6.44. The van der Waals surface area contributed by atoms with Gasteiger partial charge >= 0.3 is 0 Å². The molecule has 0 unspecified atom stereocenters. The van der Waals surface area contributed by atoms with Crippen LogP contribution >= 0.6 is 0 Å². The highest BCUT2D eigenvalue weighted by atomic mass is 16.3. The molecule has 0 bridgehead atoms. The molecule has 13 rings (SSSR count). The van der Waals surface area contributed by atoms with Gasteiger partial charge in [-0.25, -0.2) is 0 Å². The molecule has 3 nitrogen and oxygen atoms in total. The monoisotopic (exact) mass is 829 g/mol. The number of hydrogen-bond donors (Lipinski definition) is 0. The number of nitrogens with zero attached hydrogens (tertiary/aromatic N) is 1. The van der Waals surface area contributed by atoms with Crippen LogP contribution in [0.5, 0.6) is 0 Å². The summed E-state index contributed by atoms with van der Waals surface area (Å²) >= 11 is 0. The summed E-state index contributed by atoms with van der Waals surface area (Å²) in [6.45, 7) is 0. The topological polar surface area (TPSA) is 29.5 Å². The maximum absolute atomic E-state index is 6.44. The Bertz CT molecular complexity index is 3950. The van der Waals surface area contributed by atoms with E-state index in [2.05, 4.69) is 229 Å². The molecule has 0 aliphatic heterocycles. The molecule has 0 radical (unpaired) electrons. The Labute approximate surface area is 375 Å². The Kier molecular flexibility index (Phi) is 8.53. The third kappa shape index (κ3) is 6.44. The lowest BCUT2D eigenvalue weighted by Crippen LogP contribution is -2.11. The molecule has 304 valence electrons. The van der Waals surface area contributed by atoms with E-state index < -0.39 is 0 Å². The fraction of sp³-hybridized carbons (Fsp3) is 0. The molecule has 0 fully saturated rings. The summed E-state index contributed by atoms with van der Waals surface area (Å²) in [7, 11) is 0. The molecule has 11 aromatic carbocycles. The zero-order valence-electron chi connectivity index (χ0n) is 35.3. The second kappa shape index (κ2) is 15.0. The minimum Gasteiger partial charge on any atom is -0.456 e. The molecule has 0 saturated carbocycles. The van der Waals surface area contributed by atoms with Gasteiger partial charge in [-0.1, -0.05) is 152 Å². The van der Waals surface area contributed by atoms with Crippen molar-refractivity contribution in [3.05, 3.63) is 237 Å². The van der Waals surface area contributed by atoms with Crippen molar-refractivity contribution in [3.63, 3.8) is 0 Å². The van der Waals surface area contributed by atoms with Gasteiger partial charge in [0.05, 0.1) is 5.69 Å². The van der Waals surface area contributed by atoms with E-state index in [0.29, 0.717) is 0 Å². The van der Waals surface area contributed by atoms with E-state index in [9.17, 15) is 0 Å². The van der Waals surface area contributed by atoms with Crippen LogP contribution in [0, 0.1) is 0 Å². The second-order valence-electron chi connectivity index (χ2n) is 16.9. The molecular formula is C62H39NO2. The number of hydrogen-bond acceptors (Lipinski definition) is 3. The van der Waals surface area contributed by atoms with Crippen LogP contribution < -0.4 is 4.90 Å². The molecule has 0 aliphatic rings. The molecule has 65 heavy (non-hydrogen) atoms. The third-order valence-corrected chi connectivity index (χ3v) is 13.0. The Balaban J connectivity index is 0.916. The van der Waals surface area contributed by atoms with Crippen LogP contribution in [0.1, 0.15) is 0 Å². The number of furan rings is 2. The van der Waals surface area contributed by atoms with Gasteiger partial charge in [0, 0.05) is 38.5 Å². The average Bonchev–Trinajstić information content (AvgIpc) is 3.93. The molecule has 0 aliphatic carbocycles. The average molecular weight is 830 g/mol. The van der Waals surface area contributed by atoms with Crippen molar-refractivity contribution in [2.75, 3.05) is 4.90 Å². The van der Waals surface area contributed by atoms with Crippen molar-refractivity contribution in [2.45, 2.75) is 0 Å². The van der Waals surface area contributed by atoms with Crippen LogP contribution in [0.15, 0.2) is 245 Å². The van der Waals surface area contributed by atoms with Crippen LogP contribution in [-0.4, -0.2) is 0 Å². The van der Waals surface area contributed by atoms with Gasteiger partial charge in [-0.3, -0.25) is 0 Å². The largest absolute Gasteiger partial charge is 0.456 e. The van der Waals surface area contributed by atoms with Gasteiger partial charge < -0.3 is 13.7 Å². The van der Waals surface area contributed by atoms with Crippen LogP contribution in [0.3, 0.4) is 0 Å². The SMILES string of the molecule is c1cc(-c2ccc(N(c3ccc(-c4ccc5oc6ccccc6c5c4)cc3)c3ccccc3-c3ccc4oc5cc6ccccc6cc5c4c3)cc2)cc(-c2ccc3ccccc3c2)c1. The number of benzene rings is 11. The summed E-state index contributed by atoms with van der Waals surface area (Å²) < 4.78 is 12.6. The van der Waals surface area contributed by atoms with Crippen LogP contribution in [-0.2, 0) is 0 Å². The Morgan fingerprint density at radius 2 is 0.723 bits per heavy atom. The van der Waals surface area contributed by atoms with E-state index in [-0.39, 0.29) is 0 Å². The number of para-hydroxylation sites is 2. The second-order valence-corrected chi connectivity index (χ2v) is 16.9. The Morgan fingerprint density at radius 1 is 0.246 bits per heavy atom. The van der Waals surface area contributed by atoms with Gasteiger partial charge in [-0.15, -0.1) is 0 Å². The number of fused-ring (bicyclic) bond motifs is 8. The zero-order chi connectivity index (χ0) is 42.8. The predicted octanol–water partition coefficient (Wildman–Crippen LogP) is 17.9. The quantitative estimate of drug-likeness (QED) is 0.160. The molecule has 3 heteroatoms. The van der Waals surface area contributed by atoms with Crippen LogP contribution in [0.4, 0.5) is 17.1 Å². The van der Waals surface area contributed by atoms with Gasteiger partial charge in [0.15, 0.2) is 0 Å². The van der Waals surface area contributed by atoms with Gasteiger partial charge in [0.1, 0.15) is 22.3 Å². The Morgan fingerprint density at radius 3 is 1.48 bits per heavy atom. The summed E-state index contributed by atoms with van der Waals surface area (Å²) in [6, 6.07) is 85.0. The highest BCUT2D eigenvalue weighted by molar-refractivity contribution is 6.11. The first-order valence-electron chi connectivity index (χ1n) is 22.1. The van der Waals surface area contributed by atoms with Crippen molar-refractivity contribution in [1.82, 2.24) is 0 Å². The molecule has 2 heterocycles. The van der Waals surface area contributed by atoms with Crippen LogP contribution in [0.2, 0.25) is 0 Å². The van der Waals surface area contributed by atoms with Crippen LogP contribution in [0.25, 0.3) is 110 Å². The number of anilines is 3. The molecule has 0 atom stereocenters. The van der Waals surface area contributed by atoms with Crippen molar-refractivity contribution in [1.29, 1.82) is 0 Å². The lowest BCUT2D eigenvalue weighted by atomic mass is 9.96. The molecule has 2 aromatic heterocycles. The standard InChI is InChI=1S/C62H39NO2/c1-2-11-43-35-48(21-20-40(43)10-1)45-15-9-14-44(34-45)41-22-28-51(29-23-41)63(52-30-24-42(25-31-52)49-26-32-60-55(37-49)54-17-6-8-19-59(54)64-60)58-18-7-5-16-53(58)50-27-33-61-56(38-50)57-36-46-12-3-4-13-47(46)39-62(57)65-61/h1-39H. The molecule has 0 amide bonds. The van der Waals surface area contributed by atoms with E-state index >= 15 is 0 Å². The smallest absolute Gasteiger partial charge is 0.136 e. The van der Waals surface area contributed by atoms with E-state index in [1.165, 1.54) is 38.2 Å². The van der Waals surface area contributed by atoms with Crippen molar-refractivity contribution in [2.24, 2.45) is 0 Å². The van der Waals surface area contributed by atoms with E-state index in [1.807, 2.05) is 12.1 Å². The first kappa shape index (κ1) is 36.9. The summed E-state index contributed by atoms with van der Waals surface area (Å²) in [4.78, 5) is 2.38. The van der Waals surface area contributed by atoms with Gasteiger partial charge in [-0.2, -0.15) is 0 Å². The minimum atomic E-state index is 0.880. The van der Waals surface area contributed by atoms with Crippen molar-refractivity contribution >= 4 is 82.5 Å². The Hall–Kier alpha value is -8.66. The van der Waals surface area contributed by atoms with E-state index in [4.69, 9.17) is 8.83 Å². The summed E-state index contributed by atoms with van der Waals surface area (Å²) in [5.41, 5.74) is 16.0. The molecule has 0 saturated heterocycles. The molecule has 0 N–H and O–H groups in total. The third-order valence-electron chi connectivity index (χ3n) is 13.0. The van der Waals surface area contributed by atoms with Crippen molar-refractivity contribution in [3.8, 4) is 44.5 Å². The molecular weight excluding hydrogens is 791 g/mol. The fourth-order valence-electron chi connectivity index (χ4n) is 9.73. The van der Waals surface area contributed by atoms with Gasteiger partial charge in [0.25, 0.3) is 0 Å². The first-order valence-corrected chi connectivity index (χ1v) is 22.1. The minimum absolute atomic E-state index is 0.880. The molecule has 0 spiro atoms. The van der Waals surface area contributed by atoms with Crippen molar-refractivity contribution < 1.29 is 8.83 Å². The first-order chi connectivity index (χ1) is 32.2. The predicted molar refractivity (Wildman–Crippen MR) is 272 cm³/mol. The number of rotatable bonds is 7. The molecule has 13 aromatic rings.